The van der Waals surface area contributed by atoms with Gasteiger partial charge >= 0.3 is 0 Å². The maximum absolute atomic E-state index is 5.88. The van der Waals surface area contributed by atoms with Crippen LogP contribution in [0.15, 0.2) is 30.9 Å². The molecular formula is C11H14Cl2NO-. The summed E-state index contributed by atoms with van der Waals surface area (Å²) in [5, 5.41) is 3.92. The summed E-state index contributed by atoms with van der Waals surface area (Å²) in [4.78, 5) is 0. The molecule has 2 nitrogen and oxygen atoms in total. The van der Waals surface area contributed by atoms with Crippen molar-refractivity contribution >= 4 is 11.6 Å². The Morgan fingerprint density at radius 1 is 1.53 bits per heavy atom. The molecule has 0 amide bonds. The number of methoxy groups -OCH3 is 1. The number of hydrogen-bond acceptors (Lipinski definition) is 2. The number of rotatable bonds is 5. The summed E-state index contributed by atoms with van der Waals surface area (Å²) in [6.45, 7) is 5.14. The molecule has 0 fully saturated rings. The van der Waals surface area contributed by atoms with E-state index in [0.717, 1.165) is 29.4 Å². The predicted octanol–water partition coefficient (Wildman–Crippen LogP) is -0.372. The van der Waals surface area contributed by atoms with E-state index in [9.17, 15) is 0 Å². The molecule has 0 heterocycles. The summed E-state index contributed by atoms with van der Waals surface area (Å²) >= 11 is 5.88. The van der Waals surface area contributed by atoms with Crippen LogP contribution in [0.5, 0.6) is 5.75 Å². The Bertz CT molecular complexity index is 315. The van der Waals surface area contributed by atoms with Crippen LogP contribution in [0, 0.1) is 0 Å². The van der Waals surface area contributed by atoms with Crippen LogP contribution in [0.25, 0.3) is 0 Å². The van der Waals surface area contributed by atoms with Crippen molar-refractivity contribution < 1.29 is 17.1 Å². The van der Waals surface area contributed by atoms with Gasteiger partial charge in [-0.1, -0.05) is 17.7 Å². The van der Waals surface area contributed by atoms with Gasteiger partial charge in [-0.2, -0.15) is 0 Å². The van der Waals surface area contributed by atoms with Gasteiger partial charge in [0.2, 0.25) is 0 Å². The van der Waals surface area contributed by atoms with Crippen molar-refractivity contribution in [1.29, 1.82) is 0 Å². The molecule has 4 heteroatoms. The standard InChI is InChI=1S/C11H14ClNO.ClH/c1-3-6-13-8-9-7-10(12)4-5-11(9)14-2;/h3-5,7,13H,1,6,8H2,2H3;1H/p-1. The van der Waals surface area contributed by atoms with Crippen LogP contribution in [0.3, 0.4) is 0 Å². The van der Waals surface area contributed by atoms with Crippen LogP contribution < -0.4 is 22.5 Å². The zero-order valence-electron chi connectivity index (χ0n) is 8.59. The molecule has 0 saturated carbocycles. The van der Waals surface area contributed by atoms with Gasteiger partial charge in [0, 0.05) is 23.7 Å². The summed E-state index contributed by atoms with van der Waals surface area (Å²) in [6.07, 6.45) is 1.82. The number of benzene rings is 1. The Labute approximate surface area is 102 Å². The van der Waals surface area contributed by atoms with E-state index in [-0.39, 0.29) is 12.4 Å². The van der Waals surface area contributed by atoms with Gasteiger partial charge in [0.1, 0.15) is 5.75 Å². The fraction of sp³-hybridized carbons (Fsp3) is 0.273. The third-order valence-corrected chi connectivity index (χ3v) is 2.08. The van der Waals surface area contributed by atoms with Crippen LogP contribution in [0.1, 0.15) is 5.56 Å². The van der Waals surface area contributed by atoms with Crippen molar-refractivity contribution in [3.05, 3.63) is 41.4 Å². The van der Waals surface area contributed by atoms with Crippen LogP contribution in [-0.4, -0.2) is 13.7 Å². The van der Waals surface area contributed by atoms with E-state index >= 15 is 0 Å². The van der Waals surface area contributed by atoms with Crippen molar-refractivity contribution in [3.63, 3.8) is 0 Å². The summed E-state index contributed by atoms with van der Waals surface area (Å²) in [6, 6.07) is 5.58. The second-order valence-electron chi connectivity index (χ2n) is 2.88. The first-order valence-electron chi connectivity index (χ1n) is 4.42. The van der Waals surface area contributed by atoms with E-state index < -0.39 is 0 Å². The highest BCUT2D eigenvalue weighted by Crippen LogP contribution is 2.22. The molecule has 0 aliphatic heterocycles. The molecule has 0 atom stereocenters. The maximum Gasteiger partial charge on any atom is 0.123 e. The van der Waals surface area contributed by atoms with Gasteiger partial charge < -0.3 is 22.5 Å². The first kappa shape index (κ1) is 14.3. The predicted molar refractivity (Wildman–Crippen MR) is 59.9 cm³/mol. The highest BCUT2D eigenvalue weighted by molar-refractivity contribution is 6.30. The second-order valence-corrected chi connectivity index (χ2v) is 3.31. The maximum atomic E-state index is 5.88. The van der Waals surface area contributed by atoms with Crippen molar-refractivity contribution in [2.45, 2.75) is 6.54 Å². The molecule has 0 saturated heterocycles. The molecule has 84 valence electrons. The fourth-order valence-electron chi connectivity index (χ4n) is 1.19. The number of halogens is 2. The topological polar surface area (TPSA) is 21.3 Å². The molecule has 1 N–H and O–H groups in total. The fourth-order valence-corrected chi connectivity index (χ4v) is 1.39. The average molecular weight is 247 g/mol. The van der Waals surface area contributed by atoms with Crippen LogP contribution in [-0.2, 0) is 6.54 Å². The molecule has 1 aromatic rings. The average Bonchev–Trinajstić information content (AvgIpc) is 2.19. The van der Waals surface area contributed by atoms with Gasteiger partial charge in [-0.3, -0.25) is 0 Å². The SMILES string of the molecule is C=CCNCc1cc(Cl)ccc1OC.[Cl-]. The Morgan fingerprint density at radius 3 is 2.87 bits per heavy atom. The van der Waals surface area contributed by atoms with E-state index in [2.05, 4.69) is 11.9 Å². The molecular weight excluding hydrogens is 233 g/mol. The van der Waals surface area contributed by atoms with E-state index in [0.29, 0.717) is 0 Å². The smallest absolute Gasteiger partial charge is 0.123 e. The molecule has 15 heavy (non-hydrogen) atoms. The molecule has 0 bridgehead atoms. The number of nitrogens with one attached hydrogen (secondary N) is 1. The van der Waals surface area contributed by atoms with Gasteiger partial charge in [-0.25, -0.2) is 0 Å². The first-order chi connectivity index (χ1) is 6.77. The van der Waals surface area contributed by atoms with E-state index in [1.54, 1.807) is 7.11 Å². The van der Waals surface area contributed by atoms with Crippen LogP contribution in [0.4, 0.5) is 0 Å². The quantitative estimate of drug-likeness (QED) is 0.566. The highest BCUT2D eigenvalue weighted by Gasteiger charge is 2.02. The van der Waals surface area contributed by atoms with E-state index in [4.69, 9.17) is 16.3 Å². The minimum atomic E-state index is 0. The van der Waals surface area contributed by atoms with Crippen LogP contribution >= 0.6 is 11.6 Å². The summed E-state index contributed by atoms with van der Waals surface area (Å²) in [5.41, 5.74) is 1.06. The lowest BCUT2D eigenvalue weighted by Crippen LogP contribution is -3.00. The van der Waals surface area contributed by atoms with Crippen LogP contribution in [0.2, 0.25) is 5.02 Å². The van der Waals surface area contributed by atoms with E-state index in [1.807, 2.05) is 24.3 Å². The Balaban J connectivity index is 0.00000196. The molecule has 0 aromatic heterocycles. The van der Waals surface area contributed by atoms with Gasteiger partial charge in [0.05, 0.1) is 7.11 Å². The molecule has 0 spiro atoms. The van der Waals surface area contributed by atoms with Gasteiger partial charge in [-0.15, -0.1) is 6.58 Å². The third kappa shape index (κ3) is 4.56. The molecule has 0 unspecified atom stereocenters. The largest absolute Gasteiger partial charge is 1.00 e. The Kier molecular flexibility index (Phi) is 7.22. The number of ether oxygens (including phenoxy) is 1. The second kappa shape index (κ2) is 7.57. The monoisotopic (exact) mass is 246 g/mol. The molecule has 1 rings (SSSR count). The summed E-state index contributed by atoms with van der Waals surface area (Å²) in [5.74, 6) is 0.853. The zero-order chi connectivity index (χ0) is 10.4. The Morgan fingerprint density at radius 2 is 2.27 bits per heavy atom. The normalized spacial score (nSPS) is 9.20. The van der Waals surface area contributed by atoms with Crippen molar-refractivity contribution in [2.24, 2.45) is 0 Å². The summed E-state index contributed by atoms with van der Waals surface area (Å²) < 4.78 is 5.21. The Hall–Kier alpha value is -0.700. The third-order valence-electron chi connectivity index (χ3n) is 1.85. The lowest BCUT2D eigenvalue weighted by molar-refractivity contribution is -0.00000311. The van der Waals surface area contributed by atoms with Gasteiger partial charge in [0.25, 0.3) is 0 Å². The molecule has 0 aliphatic carbocycles. The van der Waals surface area contributed by atoms with Gasteiger partial charge in [0.15, 0.2) is 0 Å². The minimum Gasteiger partial charge on any atom is -1.00 e. The zero-order valence-corrected chi connectivity index (χ0v) is 10.1. The van der Waals surface area contributed by atoms with Crippen molar-refractivity contribution in [3.8, 4) is 5.75 Å². The highest BCUT2D eigenvalue weighted by atomic mass is 35.5. The molecule has 0 radical (unpaired) electrons. The number of hydrogen-bond donors (Lipinski definition) is 1. The lowest BCUT2D eigenvalue weighted by atomic mass is 10.2. The van der Waals surface area contributed by atoms with Crippen molar-refractivity contribution in [2.75, 3.05) is 13.7 Å². The van der Waals surface area contributed by atoms with Crippen molar-refractivity contribution in [1.82, 2.24) is 5.32 Å². The van der Waals surface area contributed by atoms with Gasteiger partial charge in [-0.05, 0) is 18.2 Å². The lowest BCUT2D eigenvalue weighted by Gasteiger charge is -2.08. The summed E-state index contributed by atoms with van der Waals surface area (Å²) in [7, 11) is 1.65. The molecule has 1 aromatic carbocycles. The van der Waals surface area contributed by atoms with E-state index in [1.165, 1.54) is 0 Å². The minimum absolute atomic E-state index is 0. The first-order valence-corrected chi connectivity index (χ1v) is 4.79. The molecule has 0 aliphatic rings.